The maximum atomic E-state index is 10.4. The van der Waals surface area contributed by atoms with Gasteiger partial charge in [0.1, 0.15) is 0 Å². The number of aldehydes is 1. The molecule has 0 saturated carbocycles. The van der Waals surface area contributed by atoms with Gasteiger partial charge in [-0.2, -0.15) is 11.8 Å². The molecule has 0 amide bonds. The fraction of sp³-hybridized carbons (Fsp3) is 0.600. The first-order valence-electron chi connectivity index (χ1n) is 2.45. The Labute approximate surface area is 51.6 Å². The van der Waals surface area contributed by atoms with E-state index in [2.05, 4.69) is 0 Å². The van der Waals surface area contributed by atoms with Crippen molar-refractivity contribution in [3.63, 3.8) is 0 Å². The van der Waals surface area contributed by atoms with E-state index in [-0.39, 0.29) is 11.0 Å². The summed E-state index contributed by atoms with van der Waals surface area (Å²) >= 11 is 1.56. The second kappa shape index (κ2) is 2.31. The van der Waals surface area contributed by atoms with Crippen molar-refractivity contribution >= 4 is 23.8 Å². The Morgan fingerprint density at radius 3 is 2.50 bits per heavy atom. The van der Waals surface area contributed by atoms with Crippen LogP contribution in [-0.2, 0) is 9.59 Å². The molecule has 0 unspecified atom stereocenters. The third-order valence-electron chi connectivity index (χ3n) is 1.13. The summed E-state index contributed by atoms with van der Waals surface area (Å²) in [6, 6.07) is 0. The van der Waals surface area contributed by atoms with Crippen LogP contribution in [0.5, 0.6) is 0 Å². The Morgan fingerprint density at radius 1 is 1.75 bits per heavy atom. The molecule has 1 heterocycles. The van der Waals surface area contributed by atoms with Crippen LogP contribution in [-0.4, -0.2) is 23.1 Å². The molecule has 1 atom stereocenters. The monoisotopic (exact) mass is 130 g/mol. The van der Waals surface area contributed by atoms with Gasteiger partial charge in [-0.15, -0.1) is 0 Å². The zero-order chi connectivity index (χ0) is 5.98. The molecule has 0 bridgehead atoms. The smallest absolute Gasteiger partial charge is 0.208 e. The molecule has 3 heteroatoms. The van der Waals surface area contributed by atoms with Gasteiger partial charge >= 0.3 is 0 Å². The van der Waals surface area contributed by atoms with Crippen LogP contribution in [0.4, 0.5) is 0 Å². The number of carbonyl (C=O) groups excluding carboxylic acids is 2. The quantitative estimate of drug-likeness (QED) is 0.397. The SMILES string of the molecule is O=CC(=O)[C@@H]1CCS1. The Kier molecular flexibility index (Phi) is 1.68. The summed E-state index contributed by atoms with van der Waals surface area (Å²) in [4.78, 5) is 20.2. The molecule has 1 fully saturated rings. The zero-order valence-electron chi connectivity index (χ0n) is 4.29. The van der Waals surface area contributed by atoms with E-state index in [1.807, 2.05) is 0 Å². The fourth-order valence-corrected chi connectivity index (χ4v) is 1.23. The molecule has 2 nitrogen and oxygen atoms in total. The lowest BCUT2D eigenvalue weighted by Crippen LogP contribution is -2.26. The predicted octanol–water partition coefficient (Wildman–Crippen LogP) is 0.260. The highest BCUT2D eigenvalue weighted by Gasteiger charge is 2.24. The third-order valence-corrected chi connectivity index (χ3v) is 2.47. The van der Waals surface area contributed by atoms with Gasteiger partial charge in [0.05, 0.1) is 5.25 Å². The summed E-state index contributed by atoms with van der Waals surface area (Å²) < 4.78 is 0. The van der Waals surface area contributed by atoms with E-state index in [9.17, 15) is 9.59 Å². The lowest BCUT2D eigenvalue weighted by molar-refractivity contribution is -0.129. The molecule has 1 saturated heterocycles. The van der Waals surface area contributed by atoms with Crippen molar-refractivity contribution in [2.75, 3.05) is 5.75 Å². The van der Waals surface area contributed by atoms with Crippen LogP contribution in [0.1, 0.15) is 6.42 Å². The van der Waals surface area contributed by atoms with E-state index in [0.29, 0.717) is 6.29 Å². The van der Waals surface area contributed by atoms with Gasteiger partial charge in [0, 0.05) is 0 Å². The second-order valence-electron chi connectivity index (χ2n) is 1.67. The molecule has 0 aromatic heterocycles. The van der Waals surface area contributed by atoms with Crippen LogP contribution >= 0.6 is 11.8 Å². The van der Waals surface area contributed by atoms with Gasteiger partial charge in [-0.3, -0.25) is 9.59 Å². The molecule has 0 aromatic rings. The van der Waals surface area contributed by atoms with Crippen LogP contribution in [0.3, 0.4) is 0 Å². The number of hydrogen-bond acceptors (Lipinski definition) is 3. The molecular weight excluding hydrogens is 124 g/mol. The first kappa shape index (κ1) is 5.82. The van der Waals surface area contributed by atoms with E-state index < -0.39 is 0 Å². The summed E-state index contributed by atoms with van der Waals surface area (Å²) in [7, 11) is 0. The summed E-state index contributed by atoms with van der Waals surface area (Å²) in [6.07, 6.45) is 1.30. The molecule has 1 aliphatic rings. The van der Waals surface area contributed by atoms with Crippen LogP contribution < -0.4 is 0 Å². The number of carbonyl (C=O) groups is 2. The second-order valence-corrected chi connectivity index (χ2v) is 2.98. The first-order valence-corrected chi connectivity index (χ1v) is 3.50. The maximum Gasteiger partial charge on any atom is 0.208 e. The molecule has 0 spiro atoms. The van der Waals surface area contributed by atoms with Crippen molar-refractivity contribution in [3.05, 3.63) is 0 Å². The van der Waals surface area contributed by atoms with Crippen molar-refractivity contribution < 1.29 is 9.59 Å². The molecule has 0 radical (unpaired) electrons. The average Bonchev–Trinajstić information content (AvgIpc) is 1.62. The van der Waals surface area contributed by atoms with Crippen LogP contribution in [0, 0.1) is 0 Å². The normalized spacial score (nSPS) is 26.2. The van der Waals surface area contributed by atoms with Gasteiger partial charge in [0.25, 0.3) is 0 Å². The van der Waals surface area contributed by atoms with Crippen molar-refractivity contribution in [1.82, 2.24) is 0 Å². The van der Waals surface area contributed by atoms with Crippen molar-refractivity contribution in [2.45, 2.75) is 11.7 Å². The highest BCUT2D eigenvalue weighted by Crippen LogP contribution is 2.27. The summed E-state index contributed by atoms with van der Waals surface area (Å²) in [5.41, 5.74) is 0. The minimum Gasteiger partial charge on any atom is -0.295 e. The van der Waals surface area contributed by atoms with Gasteiger partial charge in [-0.05, 0) is 12.2 Å². The molecular formula is C5H6O2S. The van der Waals surface area contributed by atoms with Crippen molar-refractivity contribution in [2.24, 2.45) is 0 Å². The number of hydrogen-bond donors (Lipinski definition) is 0. The third kappa shape index (κ3) is 0.916. The van der Waals surface area contributed by atoms with Gasteiger partial charge in [0.15, 0.2) is 6.29 Å². The van der Waals surface area contributed by atoms with E-state index in [1.165, 1.54) is 0 Å². The van der Waals surface area contributed by atoms with Crippen LogP contribution in [0.25, 0.3) is 0 Å². The number of Topliss-reactive ketones (excluding diaryl/α,β-unsaturated/α-hetero) is 1. The molecule has 0 aromatic carbocycles. The predicted molar refractivity (Wildman–Crippen MR) is 31.9 cm³/mol. The molecule has 0 aliphatic carbocycles. The standard InChI is InChI=1S/C5H6O2S/c6-3-4(7)5-1-2-8-5/h3,5H,1-2H2/t5-/m0/s1. The van der Waals surface area contributed by atoms with E-state index in [4.69, 9.17) is 0 Å². The maximum absolute atomic E-state index is 10.4. The number of thioether (sulfide) groups is 1. The Hall–Kier alpha value is -0.310. The van der Waals surface area contributed by atoms with E-state index in [0.717, 1.165) is 12.2 Å². The molecule has 44 valence electrons. The Bertz CT molecular complexity index is 118. The van der Waals surface area contributed by atoms with E-state index in [1.54, 1.807) is 11.8 Å². The summed E-state index contributed by atoms with van der Waals surface area (Å²) in [5, 5.41) is 0.00694. The Morgan fingerprint density at radius 2 is 2.38 bits per heavy atom. The van der Waals surface area contributed by atoms with Crippen LogP contribution in [0.15, 0.2) is 0 Å². The minimum atomic E-state index is -0.249. The van der Waals surface area contributed by atoms with Crippen molar-refractivity contribution in [3.8, 4) is 0 Å². The van der Waals surface area contributed by atoms with Gasteiger partial charge in [-0.25, -0.2) is 0 Å². The van der Waals surface area contributed by atoms with E-state index >= 15 is 0 Å². The zero-order valence-corrected chi connectivity index (χ0v) is 5.11. The van der Waals surface area contributed by atoms with Crippen LogP contribution in [0.2, 0.25) is 0 Å². The van der Waals surface area contributed by atoms with Gasteiger partial charge in [0.2, 0.25) is 5.78 Å². The topological polar surface area (TPSA) is 34.1 Å². The molecule has 8 heavy (non-hydrogen) atoms. The largest absolute Gasteiger partial charge is 0.295 e. The first-order chi connectivity index (χ1) is 3.84. The lowest BCUT2D eigenvalue weighted by atomic mass is 10.2. The number of ketones is 1. The summed E-state index contributed by atoms with van der Waals surface area (Å²) in [6.45, 7) is 0. The average molecular weight is 130 g/mol. The fourth-order valence-electron chi connectivity index (χ4n) is 0.536. The highest BCUT2D eigenvalue weighted by atomic mass is 32.2. The molecule has 0 N–H and O–H groups in total. The van der Waals surface area contributed by atoms with Gasteiger partial charge < -0.3 is 0 Å². The van der Waals surface area contributed by atoms with Gasteiger partial charge in [-0.1, -0.05) is 0 Å². The summed E-state index contributed by atoms with van der Waals surface area (Å²) in [5.74, 6) is 0.783. The Balaban J connectivity index is 2.34. The highest BCUT2D eigenvalue weighted by molar-refractivity contribution is 8.02. The lowest BCUT2D eigenvalue weighted by Gasteiger charge is -2.20. The molecule has 1 aliphatic heterocycles. The number of rotatable bonds is 2. The van der Waals surface area contributed by atoms with Crippen molar-refractivity contribution in [1.29, 1.82) is 0 Å². The minimum absolute atomic E-state index is 0.00694. The molecule has 1 rings (SSSR count).